The van der Waals surface area contributed by atoms with E-state index in [0.29, 0.717) is 11.7 Å². The predicted octanol–water partition coefficient (Wildman–Crippen LogP) is 3.03. The summed E-state index contributed by atoms with van der Waals surface area (Å²) in [5.74, 6) is 3.05. The molecule has 1 N–H and O–H groups in total. The second kappa shape index (κ2) is 3.77. The van der Waals surface area contributed by atoms with Crippen molar-refractivity contribution < 1.29 is 4.42 Å². The second-order valence-electron chi connectivity index (χ2n) is 4.46. The molecule has 0 amide bonds. The van der Waals surface area contributed by atoms with Crippen molar-refractivity contribution in [1.29, 1.82) is 0 Å². The molecular formula is C12H15N3O. The van der Waals surface area contributed by atoms with Gasteiger partial charge in [-0.25, -0.2) is 4.98 Å². The van der Waals surface area contributed by atoms with Crippen molar-refractivity contribution in [3.8, 4) is 11.6 Å². The molecule has 0 atom stereocenters. The van der Waals surface area contributed by atoms with E-state index in [1.54, 1.807) is 6.26 Å². The van der Waals surface area contributed by atoms with E-state index >= 15 is 0 Å². The second-order valence-corrected chi connectivity index (χ2v) is 4.46. The molecule has 0 aromatic carbocycles. The van der Waals surface area contributed by atoms with E-state index in [1.165, 1.54) is 25.7 Å². The van der Waals surface area contributed by atoms with E-state index in [4.69, 9.17) is 4.42 Å². The monoisotopic (exact) mass is 217 g/mol. The Hall–Kier alpha value is -1.58. The minimum atomic E-state index is 0.566. The number of hydrogen-bond acceptors (Lipinski definition) is 3. The average Bonchev–Trinajstić information content (AvgIpc) is 2.96. The molecule has 1 fully saturated rings. The van der Waals surface area contributed by atoms with Gasteiger partial charge in [-0.2, -0.15) is 5.10 Å². The van der Waals surface area contributed by atoms with Crippen LogP contribution in [0.4, 0.5) is 0 Å². The van der Waals surface area contributed by atoms with E-state index < -0.39 is 0 Å². The Balaban J connectivity index is 1.90. The lowest BCUT2D eigenvalue weighted by Crippen LogP contribution is -1.94. The zero-order valence-corrected chi connectivity index (χ0v) is 9.36. The predicted molar refractivity (Wildman–Crippen MR) is 60.0 cm³/mol. The quantitative estimate of drug-likeness (QED) is 0.841. The Labute approximate surface area is 94.1 Å². The number of nitrogens with one attached hydrogen (secondary N) is 1. The average molecular weight is 217 g/mol. The molecule has 4 nitrogen and oxygen atoms in total. The largest absolute Gasteiger partial charge is 0.461 e. The van der Waals surface area contributed by atoms with Crippen molar-refractivity contribution in [3.05, 3.63) is 23.7 Å². The van der Waals surface area contributed by atoms with Crippen LogP contribution in [0.5, 0.6) is 0 Å². The molecule has 2 heterocycles. The first kappa shape index (κ1) is 9.63. The molecule has 1 aliphatic carbocycles. The molecule has 2 aromatic heterocycles. The van der Waals surface area contributed by atoms with Crippen molar-refractivity contribution in [2.45, 2.75) is 38.5 Å². The summed E-state index contributed by atoms with van der Waals surface area (Å²) in [7, 11) is 0. The Morgan fingerprint density at radius 1 is 1.38 bits per heavy atom. The number of rotatable bonds is 2. The van der Waals surface area contributed by atoms with Gasteiger partial charge in [0.05, 0.1) is 6.26 Å². The normalized spacial score (nSPS) is 17.1. The van der Waals surface area contributed by atoms with Crippen LogP contribution in [0.25, 0.3) is 11.6 Å². The molecule has 0 aliphatic heterocycles. The zero-order chi connectivity index (χ0) is 11.0. The van der Waals surface area contributed by atoms with E-state index in [1.807, 2.05) is 13.0 Å². The van der Waals surface area contributed by atoms with Crippen molar-refractivity contribution in [3.63, 3.8) is 0 Å². The van der Waals surface area contributed by atoms with Gasteiger partial charge in [-0.1, -0.05) is 12.8 Å². The summed E-state index contributed by atoms with van der Waals surface area (Å²) in [6.45, 7) is 2.00. The van der Waals surface area contributed by atoms with Crippen LogP contribution in [0.1, 0.15) is 43.0 Å². The van der Waals surface area contributed by atoms with Gasteiger partial charge < -0.3 is 4.42 Å². The van der Waals surface area contributed by atoms with Crippen molar-refractivity contribution >= 4 is 0 Å². The maximum Gasteiger partial charge on any atom is 0.217 e. The van der Waals surface area contributed by atoms with E-state index in [9.17, 15) is 0 Å². The van der Waals surface area contributed by atoms with Crippen LogP contribution in [-0.2, 0) is 0 Å². The third-order valence-electron chi connectivity index (χ3n) is 3.31. The summed E-state index contributed by atoms with van der Waals surface area (Å²) < 4.78 is 5.38. The molecule has 0 spiro atoms. The molecule has 4 heteroatoms. The highest BCUT2D eigenvalue weighted by molar-refractivity contribution is 5.51. The number of furan rings is 1. The third-order valence-corrected chi connectivity index (χ3v) is 3.31. The summed E-state index contributed by atoms with van der Waals surface area (Å²) in [5, 5.41) is 7.28. The Bertz CT molecular complexity index is 480. The van der Waals surface area contributed by atoms with E-state index in [0.717, 1.165) is 17.1 Å². The number of aromatic nitrogens is 3. The first-order valence-corrected chi connectivity index (χ1v) is 5.81. The number of aryl methyl sites for hydroxylation is 1. The van der Waals surface area contributed by atoms with Crippen LogP contribution in [0.3, 0.4) is 0 Å². The van der Waals surface area contributed by atoms with Gasteiger partial charge in [0, 0.05) is 5.92 Å². The topological polar surface area (TPSA) is 54.7 Å². The molecule has 1 saturated carbocycles. The molecule has 0 radical (unpaired) electrons. The lowest BCUT2D eigenvalue weighted by molar-refractivity contribution is 0.576. The maximum absolute atomic E-state index is 5.38. The van der Waals surface area contributed by atoms with Crippen LogP contribution in [0.15, 0.2) is 16.7 Å². The van der Waals surface area contributed by atoms with Crippen molar-refractivity contribution in [2.75, 3.05) is 0 Å². The summed E-state index contributed by atoms with van der Waals surface area (Å²) in [5.41, 5.74) is 1.08. The minimum absolute atomic E-state index is 0.566. The molecule has 3 rings (SSSR count). The molecule has 2 aromatic rings. The van der Waals surface area contributed by atoms with E-state index in [-0.39, 0.29) is 0 Å². The van der Waals surface area contributed by atoms with Crippen LogP contribution >= 0.6 is 0 Å². The lowest BCUT2D eigenvalue weighted by atomic mass is 10.1. The van der Waals surface area contributed by atoms with Crippen LogP contribution in [0, 0.1) is 6.92 Å². The molecule has 84 valence electrons. The lowest BCUT2D eigenvalue weighted by Gasteiger charge is -2.01. The van der Waals surface area contributed by atoms with Gasteiger partial charge in [-0.05, 0) is 31.4 Å². The van der Waals surface area contributed by atoms with Gasteiger partial charge >= 0.3 is 0 Å². The Kier molecular flexibility index (Phi) is 2.27. The molecule has 0 bridgehead atoms. The fraction of sp³-hybridized carbons (Fsp3) is 0.500. The summed E-state index contributed by atoms with van der Waals surface area (Å²) in [6.07, 6.45) is 6.74. The van der Waals surface area contributed by atoms with Gasteiger partial charge in [0.25, 0.3) is 0 Å². The standard InChI is InChI=1S/C12H15N3O/c1-8-6-7-16-10(8)12-13-11(14-15-12)9-4-2-3-5-9/h6-7,9H,2-5H2,1H3,(H,13,14,15). The maximum atomic E-state index is 5.38. The number of hydrogen-bond donors (Lipinski definition) is 1. The van der Waals surface area contributed by atoms with Crippen molar-refractivity contribution in [2.24, 2.45) is 0 Å². The highest BCUT2D eigenvalue weighted by Gasteiger charge is 2.21. The number of H-pyrrole nitrogens is 1. The molecule has 0 unspecified atom stereocenters. The fourth-order valence-electron chi connectivity index (χ4n) is 2.36. The number of aromatic amines is 1. The summed E-state index contributed by atoms with van der Waals surface area (Å²) >= 11 is 0. The molecule has 1 aliphatic rings. The van der Waals surface area contributed by atoms with Crippen LogP contribution < -0.4 is 0 Å². The fourth-order valence-corrected chi connectivity index (χ4v) is 2.36. The van der Waals surface area contributed by atoms with E-state index in [2.05, 4.69) is 15.2 Å². The van der Waals surface area contributed by atoms with Crippen molar-refractivity contribution in [1.82, 2.24) is 15.2 Å². The van der Waals surface area contributed by atoms with Crippen LogP contribution in [0.2, 0.25) is 0 Å². The first-order chi connectivity index (χ1) is 7.84. The highest BCUT2D eigenvalue weighted by atomic mass is 16.3. The van der Waals surface area contributed by atoms with Crippen LogP contribution in [-0.4, -0.2) is 15.2 Å². The van der Waals surface area contributed by atoms with Gasteiger partial charge in [0.1, 0.15) is 5.82 Å². The van der Waals surface area contributed by atoms with Gasteiger partial charge in [-0.15, -0.1) is 0 Å². The third kappa shape index (κ3) is 1.54. The van der Waals surface area contributed by atoms with Gasteiger partial charge in [-0.3, -0.25) is 5.10 Å². The highest BCUT2D eigenvalue weighted by Crippen LogP contribution is 2.33. The van der Waals surface area contributed by atoms with Gasteiger partial charge in [0.2, 0.25) is 5.82 Å². The SMILES string of the molecule is Cc1ccoc1-c1n[nH]c(C2CCCC2)n1. The first-order valence-electron chi connectivity index (χ1n) is 5.81. The zero-order valence-electron chi connectivity index (χ0n) is 9.36. The summed E-state index contributed by atoms with van der Waals surface area (Å²) in [4.78, 5) is 4.54. The Morgan fingerprint density at radius 2 is 2.19 bits per heavy atom. The molecule has 0 saturated heterocycles. The van der Waals surface area contributed by atoms with Gasteiger partial charge in [0.15, 0.2) is 5.76 Å². The Morgan fingerprint density at radius 3 is 2.88 bits per heavy atom. The summed E-state index contributed by atoms with van der Waals surface area (Å²) in [6, 6.07) is 1.93. The smallest absolute Gasteiger partial charge is 0.217 e. The minimum Gasteiger partial charge on any atom is -0.461 e. The number of nitrogens with zero attached hydrogens (tertiary/aromatic N) is 2. The molecular weight excluding hydrogens is 202 g/mol. The molecule has 16 heavy (non-hydrogen) atoms.